The van der Waals surface area contributed by atoms with E-state index in [1.54, 1.807) is 13.2 Å². The van der Waals surface area contributed by atoms with Crippen molar-refractivity contribution in [3.8, 4) is 0 Å². The van der Waals surface area contributed by atoms with Gasteiger partial charge in [-0.25, -0.2) is 9.78 Å². The zero-order chi connectivity index (χ0) is 21.9. The van der Waals surface area contributed by atoms with Crippen molar-refractivity contribution in [3.63, 3.8) is 0 Å². The van der Waals surface area contributed by atoms with Crippen LogP contribution in [-0.4, -0.2) is 56.4 Å². The van der Waals surface area contributed by atoms with Crippen LogP contribution in [0.15, 0.2) is 23.3 Å². The third-order valence-corrected chi connectivity index (χ3v) is 4.10. The molecule has 1 aromatic heterocycles. The number of aromatic nitrogens is 1. The molecule has 0 radical (unpaired) electrons. The van der Waals surface area contributed by atoms with Gasteiger partial charge < -0.3 is 25.6 Å². The molecule has 8 nitrogen and oxygen atoms in total. The number of hydrogen-bond acceptors (Lipinski definition) is 5. The van der Waals surface area contributed by atoms with E-state index in [4.69, 9.17) is 4.74 Å². The van der Waals surface area contributed by atoms with Gasteiger partial charge in [0.1, 0.15) is 11.4 Å². The third kappa shape index (κ3) is 10.0. The average Bonchev–Trinajstić information content (AvgIpc) is 2.65. The molecule has 1 heterocycles. The molecule has 1 atom stereocenters. The number of aliphatic imine (C=N–C) groups is 1. The maximum Gasteiger partial charge on any atom is 0.407 e. The van der Waals surface area contributed by atoms with Gasteiger partial charge in [-0.1, -0.05) is 25.8 Å². The van der Waals surface area contributed by atoms with Crippen LogP contribution < -0.4 is 20.9 Å². The first-order chi connectivity index (χ1) is 13.7. The summed E-state index contributed by atoms with van der Waals surface area (Å²) in [6.45, 7) is 8.77. The number of amides is 1. The molecule has 1 aromatic rings. The van der Waals surface area contributed by atoms with E-state index in [-0.39, 0.29) is 6.04 Å². The van der Waals surface area contributed by atoms with Crippen LogP contribution in [-0.2, 0) is 11.3 Å². The normalized spacial score (nSPS) is 12.9. The van der Waals surface area contributed by atoms with Gasteiger partial charge in [-0.15, -0.1) is 0 Å². The van der Waals surface area contributed by atoms with Gasteiger partial charge in [0.15, 0.2) is 5.96 Å². The highest BCUT2D eigenvalue weighted by molar-refractivity contribution is 5.80. The van der Waals surface area contributed by atoms with Gasteiger partial charge in [0.2, 0.25) is 0 Å². The number of alkyl carbamates (subject to hydrolysis) is 1. The highest BCUT2D eigenvalue weighted by atomic mass is 16.6. The maximum absolute atomic E-state index is 12.0. The lowest BCUT2D eigenvalue weighted by atomic mass is 10.1. The SMILES string of the molecule is CCCCC(CNC(=O)OC(C)(C)C)NC(=NC)NCc1cccnc1N(C)C. The second-order valence-corrected chi connectivity index (χ2v) is 8.17. The Labute approximate surface area is 175 Å². The Morgan fingerprint density at radius 2 is 2.03 bits per heavy atom. The molecule has 0 bridgehead atoms. The minimum absolute atomic E-state index is 0.0517. The van der Waals surface area contributed by atoms with E-state index in [1.165, 1.54) is 0 Å². The summed E-state index contributed by atoms with van der Waals surface area (Å²) >= 11 is 0. The Morgan fingerprint density at radius 1 is 1.31 bits per heavy atom. The zero-order valence-corrected chi connectivity index (χ0v) is 19.0. The van der Waals surface area contributed by atoms with Crippen molar-refractivity contribution in [1.29, 1.82) is 0 Å². The van der Waals surface area contributed by atoms with Gasteiger partial charge in [-0.2, -0.15) is 0 Å². The Kier molecular flexibility index (Phi) is 10.3. The van der Waals surface area contributed by atoms with Crippen molar-refractivity contribution in [2.24, 2.45) is 4.99 Å². The number of nitrogens with zero attached hydrogens (tertiary/aromatic N) is 3. The second kappa shape index (κ2) is 12.1. The van der Waals surface area contributed by atoms with Gasteiger partial charge in [0, 0.05) is 52.0 Å². The Hall–Kier alpha value is -2.51. The summed E-state index contributed by atoms with van der Waals surface area (Å²) < 4.78 is 5.33. The Bertz CT molecular complexity index is 655. The molecule has 0 aliphatic carbocycles. The Morgan fingerprint density at radius 3 is 2.62 bits per heavy atom. The Balaban J connectivity index is 2.67. The number of unbranched alkanes of at least 4 members (excludes halogenated alkanes) is 1. The molecular weight excluding hydrogens is 368 g/mol. The van der Waals surface area contributed by atoms with Crippen LogP contribution in [0.3, 0.4) is 0 Å². The molecule has 0 aliphatic heterocycles. The van der Waals surface area contributed by atoms with Crippen molar-refractivity contribution in [2.75, 3.05) is 32.6 Å². The molecule has 3 N–H and O–H groups in total. The first kappa shape index (κ1) is 24.5. The average molecular weight is 407 g/mol. The third-order valence-electron chi connectivity index (χ3n) is 4.10. The molecular formula is C21H38N6O2. The standard InChI is InChI=1S/C21H38N6O2/c1-8-9-12-17(15-25-20(28)29-21(2,3)4)26-19(22-5)24-14-16-11-10-13-23-18(16)27(6)7/h10-11,13,17H,8-9,12,14-15H2,1-7H3,(H,25,28)(H2,22,24,26). The van der Waals surface area contributed by atoms with Crippen LogP contribution in [0.2, 0.25) is 0 Å². The minimum Gasteiger partial charge on any atom is -0.444 e. The number of anilines is 1. The summed E-state index contributed by atoms with van der Waals surface area (Å²) in [6.07, 6.45) is 4.43. The fourth-order valence-corrected chi connectivity index (χ4v) is 2.73. The highest BCUT2D eigenvalue weighted by Gasteiger charge is 2.18. The smallest absolute Gasteiger partial charge is 0.407 e. The van der Waals surface area contributed by atoms with Crippen LogP contribution in [0.5, 0.6) is 0 Å². The van der Waals surface area contributed by atoms with Crippen molar-refractivity contribution in [3.05, 3.63) is 23.9 Å². The van der Waals surface area contributed by atoms with Crippen molar-refractivity contribution in [1.82, 2.24) is 20.9 Å². The van der Waals surface area contributed by atoms with Crippen LogP contribution in [0.25, 0.3) is 0 Å². The second-order valence-electron chi connectivity index (χ2n) is 8.17. The topological polar surface area (TPSA) is 90.9 Å². The number of nitrogens with one attached hydrogen (secondary N) is 3. The molecule has 0 spiro atoms. The summed E-state index contributed by atoms with van der Waals surface area (Å²) in [5.41, 5.74) is 0.569. The van der Waals surface area contributed by atoms with E-state index in [2.05, 4.69) is 32.9 Å². The van der Waals surface area contributed by atoms with Gasteiger partial charge in [0.05, 0.1) is 0 Å². The molecule has 1 unspecified atom stereocenters. The first-order valence-corrected chi connectivity index (χ1v) is 10.2. The number of hydrogen-bond donors (Lipinski definition) is 3. The summed E-state index contributed by atoms with van der Waals surface area (Å²) in [5, 5.41) is 9.60. The molecule has 0 aliphatic rings. The fraction of sp³-hybridized carbons (Fsp3) is 0.667. The lowest BCUT2D eigenvalue weighted by molar-refractivity contribution is 0.0523. The van der Waals surface area contributed by atoms with E-state index in [9.17, 15) is 4.79 Å². The van der Waals surface area contributed by atoms with Crippen LogP contribution in [0.1, 0.15) is 52.5 Å². The molecule has 8 heteroatoms. The molecule has 0 saturated carbocycles. The van der Waals surface area contributed by atoms with E-state index >= 15 is 0 Å². The molecule has 1 rings (SSSR count). The molecule has 1 amide bonds. The van der Waals surface area contributed by atoms with Crippen LogP contribution in [0, 0.1) is 0 Å². The number of carbonyl (C=O) groups excluding carboxylic acids is 1. The van der Waals surface area contributed by atoms with Crippen LogP contribution in [0.4, 0.5) is 10.6 Å². The lowest BCUT2D eigenvalue weighted by Gasteiger charge is -2.24. The zero-order valence-electron chi connectivity index (χ0n) is 19.0. The quantitative estimate of drug-likeness (QED) is 0.431. The van der Waals surface area contributed by atoms with Crippen molar-refractivity contribution in [2.45, 2.75) is 65.1 Å². The molecule has 0 saturated heterocycles. The van der Waals surface area contributed by atoms with Gasteiger partial charge in [0.25, 0.3) is 0 Å². The fourth-order valence-electron chi connectivity index (χ4n) is 2.73. The summed E-state index contributed by atoms with van der Waals surface area (Å²) in [6, 6.07) is 4.02. The number of guanidine groups is 1. The number of rotatable bonds is 9. The van der Waals surface area contributed by atoms with Gasteiger partial charge in [-0.05, 0) is 33.3 Å². The molecule has 29 heavy (non-hydrogen) atoms. The van der Waals surface area contributed by atoms with E-state index in [0.717, 1.165) is 30.6 Å². The van der Waals surface area contributed by atoms with Gasteiger partial charge >= 0.3 is 6.09 Å². The van der Waals surface area contributed by atoms with Crippen molar-refractivity contribution >= 4 is 17.9 Å². The van der Waals surface area contributed by atoms with Crippen LogP contribution >= 0.6 is 0 Å². The van der Waals surface area contributed by atoms with E-state index in [0.29, 0.717) is 19.0 Å². The number of ether oxygens (including phenoxy) is 1. The number of pyridine rings is 1. The van der Waals surface area contributed by atoms with E-state index < -0.39 is 11.7 Å². The lowest BCUT2D eigenvalue weighted by Crippen LogP contribution is -2.48. The monoisotopic (exact) mass is 406 g/mol. The predicted octanol–water partition coefficient (Wildman–Crippen LogP) is 2.90. The summed E-state index contributed by atoms with van der Waals surface area (Å²) in [7, 11) is 5.69. The molecule has 0 fully saturated rings. The first-order valence-electron chi connectivity index (χ1n) is 10.2. The minimum atomic E-state index is -0.512. The molecule has 164 valence electrons. The van der Waals surface area contributed by atoms with Gasteiger partial charge in [-0.3, -0.25) is 4.99 Å². The number of carbonyl (C=O) groups is 1. The highest BCUT2D eigenvalue weighted by Crippen LogP contribution is 2.13. The van der Waals surface area contributed by atoms with Crippen molar-refractivity contribution < 1.29 is 9.53 Å². The summed E-state index contributed by atoms with van der Waals surface area (Å²) in [5.74, 6) is 1.61. The van der Waals surface area contributed by atoms with E-state index in [1.807, 2.05) is 51.9 Å². The summed E-state index contributed by atoms with van der Waals surface area (Å²) in [4.78, 5) is 22.7. The predicted molar refractivity (Wildman–Crippen MR) is 119 cm³/mol. The largest absolute Gasteiger partial charge is 0.444 e. The maximum atomic E-state index is 12.0. The molecule has 0 aromatic carbocycles.